The Morgan fingerprint density at radius 1 is 1.38 bits per heavy atom. The second kappa shape index (κ2) is 6.22. The lowest BCUT2D eigenvalue weighted by atomic mass is 9.87. The van der Waals surface area contributed by atoms with Crippen LogP contribution in [-0.4, -0.2) is 28.8 Å². The lowest BCUT2D eigenvalue weighted by Gasteiger charge is -2.37. The van der Waals surface area contributed by atoms with Gasteiger partial charge >= 0.3 is 0 Å². The highest BCUT2D eigenvalue weighted by molar-refractivity contribution is 6.30. The SMILES string of the molecule is O=C(NC1CCc2cc(Cl)ccc21)C1(n2cccn2)CCNCC1. The zero-order chi connectivity index (χ0) is 16.6. The minimum atomic E-state index is -0.593. The van der Waals surface area contributed by atoms with Crippen molar-refractivity contribution in [2.75, 3.05) is 13.1 Å². The van der Waals surface area contributed by atoms with E-state index in [-0.39, 0.29) is 11.9 Å². The molecule has 2 aromatic rings. The van der Waals surface area contributed by atoms with E-state index in [0.717, 1.165) is 43.8 Å². The molecule has 1 unspecified atom stereocenters. The first kappa shape index (κ1) is 15.7. The Labute approximate surface area is 146 Å². The highest BCUT2D eigenvalue weighted by atomic mass is 35.5. The maximum Gasteiger partial charge on any atom is 0.248 e. The molecule has 2 N–H and O–H groups in total. The van der Waals surface area contributed by atoms with Gasteiger partial charge in [0.1, 0.15) is 5.54 Å². The number of hydrogen-bond donors (Lipinski definition) is 2. The topological polar surface area (TPSA) is 59.0 Å². The third kappa shape index (κ3) is 2.62. The number of carbonyl (C=O) groups is 1. The maximum absolute atomic E-state index is 13.2. The second-order valence-corrected chi connectivity index (χ2v) is 7.08. The van der Waals surface area contributed by atoms with Crippen LogP contribution in [0.5, 0.6) is 0 Å². The molecule has 126 valence electrons. The molecule has 1 aliphatic heterocycles. The number of rotatable bonds is 3. The van der Waals surface area contributed by atoms with E-state index in [9.17, 15) is 4.79 Å². The molecule has 0 bridgehead atoms. The van der Waals surface area contributed by atoms with E-state index in [2.05, 4.69) is 15.7 Å². The van der Waals surface area contributed by atoms with Gasteiger partial charge in [-0.2, -0.15) is 5.10 Å². The Hall–Kier alpha value is -1.85. The quantitative estimate of drug-likeness (QED) is 0.899. The van der Waals surface area contributed by atoms with Gasteiger partial charge in [0.15, 0.2) is 0 Å². The number of aryl methyl sites for hydroxylation is 1. The first-order valence-electron chi connectivity index (χ1n) is 8.49. The number of fused-ring (bicyclic) bond motifs is 1. The highest BCUT2D eigenvalue weighted by Crippen LogP contribution is 2.35. The summed E-state index contributed by atoms with van der Waals surface area (Å²) >= 11 is 6.08. The Kier molecular flexibility index (Phi) is 4.06. The molecule has 0 spiro atoms. The molecule has 1 amide bonds. The van der Waals surface area contributed by atoms with Gasteiger partial charge in [0.05, 0.1) is 6.04 Å². The van der Waals surface area contributed by atoms with Crippen LogP contribution in [0, 0.1) is 0 Å². The number of nitrogens with zero attached hydrogens (tertiary/aromatic N) is 2. The van der Waals surface area contributed by atoms with Crippen molar-refractivity contribution in [2.24, 2.45) is 0 Å². The van der Waals surface area contributed by atoms with E-state index in [1.54, 1.807) is 6.20 Å². The molecule has 0 radical (unpaired) electrons. The fourth-order valence-electron chi connectivity index (χ4n) is 3.95. The van der Waals surface area contributed by atoms with E-state index in [4.69, 9.17) is 11.6 Å². The summed E-state index contributed by atoms with van der Waals surface area (Å²) in [7, 11) is 0. The van der Waals surface area contributed by atoms with Crippen LogP contribution < -0.4 is 10.6 Å². The standard InChI is InChI=1S/C18H21ClN4O/c19-14-3-4-15-13(12-14)2-5-16(15)22-17(24)18(6-9-20-10-7-18)23-11-1-8-21-23/h1,3-4,8,11-12,16,20H,2,5-7,9-10H2,(H,22,24). The molecular formula is C18H21ClN4O. The fourth-order valence-corrected chi connectivity index (χ4v) is 4.15. The van der Waals surface area contributed by atoms with Gasteiger partial charge in [-0.05, 0) is 68.1 Å². The summed E-state index contributed by atoms with van der Waals surface area (Å²) in [5, 5.41) is 11.7. The molecule has 0 saturated carbocycles. The summed E-state index contributed by atoms with van der Waals surface area (Å²) in [4.78, 5) is 13.2. The highest BCUT2D eigenvalue weighted by Gasteiger charge is 2.43. The third-order valence-corrected chi connectivity index (χ3v) is 5.52. The molecule has 1 aromatic carbocycles. The molecular weight excluding hydrogens is 324 g/mol. The summed E-state index contributed by atoms with van der Waals surface area (Å²) in [5.41, 5.74) is 1.84. The number of piperidine rings is 1. The summed E-state index contributed by atoms with van der Waals surface area (Å²) in [6, 6.07) is 7.89. The molecule has 1 aromatic heterocycles. The van der Waals surface area contributed by atoms with E-state index in [1.165, 1.54) is 11.1 Å². The zero-order valence-corrected chi connectivity index (χ0v) is 14.2. The fraction of sp³-hybridized carbons (Fsp3) is 0.444. The average molecular weight is 345 g/mol. The van der Waals surface area contributed by atoms with Crippen LogP contribution in [0.25, 0.3) is 0 Å². The predicted octanol–water partition coefficient (Wildman–Crippen LogP) is 2.42. The lowest BCUT2D eigenvalue weighted by molar-refractivity contribution is -0.132. The smallest absolute Gasteiger partial charge is 0.248 e. The molecule has 2 heterocycles. The molecule has 1 atom stereocenters. The monoisotopic (exact) mass is 344 g/mol. The second-order valence-electron chi connectivity index (χ2n) is 6.64. The van der Waals surface area contributed by atoms with Crippen LogP contribution >= 0.6 is 11.6 Å². The molecule has 1 fully saturated rings. The minimum absolute atomic E-state index is 0.0621. The van der Waals surface area contributed by atoms with Crippen molar-refractivity contribution < 1.29 is 4.79 Å². The first-order chi connectivity index (χ1) is 11.7. The third-order valence-electron chi connectivity index (χ3n) is 5.28. The van der Waals surface area contributed by atoms with Crippen molar-refractivity contribution in [1.82, 2.24) is 20.4 Å². The van der Waals surface area contributed by atoms with Crippen molar-refractivity contribution in [3.05, 3.63) is 52.8 Å². The van der Waals surface area contributed by atoms with E-state index < -0.39 is 5.54 Å². The number of aromatic nitrogens is 2. The molecule has 5 nitrogen and oxygen atoms in total. The minimum Gasteiger partial charge on any atom is -0.347 e. The van der Waals surface area contributed by atoms with E-state index in [0.29, 0.717) is 0 Å². The van der Waals surface area contributed by atoms with Crippen LogP contribution in [0.2, 0.25) is 5.02 Å². The zero-order valence-electron chi connectivity index (χ0n) is 13.5. The maximum atomic E-state index is 13.2. The van der Waals surface area contributed by atoms with E-state index >= 15 is 0 Å². The van der Waals surface area contributed by atoms with E-state index in [1.807, 2.05) is 35.1 Å². The normalized spacial score (nSPS) is 22.1. The first-order valence-corrected chi connectivity index (χ1v) is 8.87. The van der Waals surface area contributed by atoms with Crippen molar-refractivity contribution in [3.8, 4) is 0 Å². The van der Waals surface area contributed by atoms with Gasteiger partial charge in [0.2, 0.25) is 5.91 Å². The summed E-state index contributed by atoms with van der Waals surface area (Å²) in [6.07, 6.45) is 7.02. The van der Waals surface area contributed by atoms with Gasteiger partial charge < -0.3 is 10.6 Å². The van der Waals surface area contributed by atoms with Gasteiger partial charge in [0, 0.05) is 17.4 Å². The van der Waals surface area contributed by atoms with Gasteiger partial charge in [-0.25, -0.2) is 0 Å². The Morgan fingerprint density at radius 2 is 2.21 bits per heavy atom. The summed E-state index contributed by atoms with van der Waals surface area (Å²) in [5.74, 6) is 0.0699. The lowest BCUT2D eigenvalue weighted by Crippen LogP contribution is -2.55. The number of carbonyl (C=O) groups excluding carboxylic acids is 1. The molecule has 24 heavy (non-hydrogen) atoms. The van der Waals surface area contributed by atoms with Crippen molar-refractivity contribution >= 4 is 17.5 Å². The molecule has 1 aliphatic carbocycles. The van der Waals surface area contributed by atoms with Crippen molar-refractivity contribution in [1.29, 1.82) is 0 Å². The average Bonchev–Trinajstić information content (AvgIpc) is 3.26. The Morgan fingerprint density at radius 3 is 2.96 bits per heavy atom. The predicted molar refractivity (Wildman–Crippen MR) is 93.0 cm³/mol. The largest absolute Gasteiger partial charge is 0.347 e. The number of nitrogens with one attached hydrogen (secondary N) is 2. The molecule has 1 saturated heterocycles. The van der Waals surface area contributed by atoms with Crippen molar-refractivity contribution in [3.63, 3.8) is 0 Å². The van der Waals surface area contributed by atoms with Gasteiger partial charge in [-0.15, -0.1) is 0 Å². The van der Waals surface area contributed by atoms with Crippen LogP contribution in [-0.2, 0) is 16.8 Å². The molecule has 4 rings (SSSR count). The van der Waals surface area contributed by atoms with Crippen LogP contribution in [0.4, 0.5) is 0 Å². The number of halogens is 1. The summed E-state index contributed by atoms with van der Waals surface area (Å²) < 4.78 is 1.83. The van der Waals surface area contributed by atoms with Gasteiger partial charge in [0.25, 0.3) is 0 Å². The van der Waals surface area contributed by atoms with Crippen LogP contribution in [0.1, 0.15) is 36.4 Å². The Bertz CT molecular complexity index is 737. The number of amides is 1. The molecule has 2 aliphatic rings. The number of benzene rings is 1. The van der Waals surface area contributed by atoms with Gasteiger partial charge in [-0.1, -0.05) is 17.7 Å². The summed E-state index contributed by atoms with van der Waals surface area (Å²) in [6.45, 7) is 1.65. The van der Waals surface area contributed by atoms with Crippen LogP contribution in [0.15, 0.2) is 36.7 Å². The van der Waals surface area contributed by atoms with Crippen molar-refractivity contribution in [2.45, 2.75) is 37.3 Å². The molecule has 6 heteroatoms. The van der Waals surface area contributed by atoms with Gasteiger partial charge in [-0.3, -0.25) is 9.48 Å². The Balaban J connectivity index is 1.59. The number of hydrogen-bond acceptors (Lipinski definition) is 3. The van der Waals surface area contributed by atoms with Crippen LogP contribution in [0.3, 0.4) is 0 Å².